The van der Waals surface area contributed by atoms with E-state index in [1.807, 2.05) is 0 Å². The summed E-state index contributed by atoms with van der Waals surface area (Å²) in [5, 5.41) is 0. The van der Waals surface area contributed by atoms with Crippen molar-refractivity contribution in [3.63, 3.8) is 0 Å². The first-order valence-corrected chi connectivity index (χ1v) is 6.80. The molecular formula is C13H22N2O. The van der Waals surface area contributed by atoms with Gasteiger partial charge >= 0.3 is 0 Å². The lowest BCUT2D eigenvalue weighted by molar-refractivity contribution is -0.134. The molecule has 3 atom stereocenters. The number of hydrogen-bond acceptors (Lipinski definition) is 2. The molecule has 0 unspecified atom stereocenters. The van der Waals surface area contributed by atoms with Gasteiger partial charge in [0.25, 0.3) is 0 Å². The van der Waals surface area contributed by atoms with E-state index in [2.05, 4.69) is 4.90 Å². The summed E-state index contributed by atoms with van der Waals surface area (Å²) in [6, 6.07) is 0.353. The zero-order chi connectivity index (χ0) is 11.1. The van der Waals surface area contributed by atoms with Gasteiger partial charge in [-0.3, -0.25) is 4.79 Å². The fraction of sp³-hybridized carbons (Fsp3) is 0.923. The summed E-state index contributed by atoms with van der Waals surface area (Å²) in [6.45, 7) is 1.94. The van der Waals surface area contributed by atoms with Crippen LogP contribution >= 0.6 is 0 Å². The van der Waals surface area contributed by atoms with Crippen LogP contribution in [0.4, 0.5) is 0 Å². The Labute approximate surface area is 97.4 Å². The molecule has 0 bridgehead atoms. The maximum Gasteiger partial charge on any atom is 0.225 e. The van der Waals surface area contributed by atoms with Gasteiger partial charge in [0.2, 0.25) is 5.91 Å². The Hall–Kier alpha value is -0.570. The van der Waals surface area contributed by atoms with Gasteiger partial charge in [0, 0.05) is 25.0 Å². The number of nitrogens with zero attached hydrogens (tertiary/aromatic N) is 1. The molecule has 0 aromatic heterocycles. The maximum atomic E-state index is 12.3. The SMILES string of the molecule is N[C@@H]1CC[C@@H]2CN(C(=O)C3CCCC3)C[C@H]21. The molecule has 1 heterocycles. The summed E-state index contributed by atoms with van der Waals surface area (Å²) in [4.78, 5) is 14.4. The van der Waals surface area contributed by atoms with Crippen molar-refractivity contribution < 1.29 is 4.79 Å². The van der Waals surface area contributed by atoms with Gasteiger partial charge in [-0.05, 0) is 37.5 Å². The van der Waals surface area contributed by atoms with E-state index in [0.717, 1.165) is 25.9 Å². The molecule has 0 spiro atoms. The van der Waals surface area contributed by atoms with Gasteiger partial charge in [0.05, 0.1) is 0 Å². The molecule has 3 fully saturated rings. The Morgan fingerprint density at radius 3 is 2.50 bits per heavy atom. The average Bonchev–Trinajstić information content (AvgIpc) is 2.96. The van der Waals surface area contributed by atoms with Gasteiger partial charge in [-0.15, -0.1) is 0 Å². The molecule has 3 nitrogen and oxygen atoms in total. The summed E-state index contributed by atoms with van der Waals surface area (Å²) in [7, 11) is 0. The normalized spacial score (nSPS) is 39.3. The number of hydrogen-bond donors (Lipinski definition) is 1. The Morgan fingerprint density at radius 1 is 1.06 bits per heavy atom. The first-order valence-electron chi connectivity index (χ1n) is 6.80. The summed E-state index contributed by atoms with van der Waals surface area (Å²) >= 11 is 0. The van der Waals surface area contributed by atoms with Gasteiger partial charge in [-0.25, -0.2) is 0 Å². The number of amides is 1. The molecule has 1 amide bonds. The molecule has 3 aliphatic rings. The lowest BCUT2D eigenvalue weighted by atomic mass is 9.98. The van der Waals surface area contributed by atoms with E-state index in [-0.39, 0.29) is 0 Å². The van der Waals surface area contributed by atoms with Crippen molar-refractivity contribution in [1.82, 2.24) is 4.90 Å². The quantitative estimate of drug-likeness (QED) is 0.728. The first-order chi connectivity index (χ1) is 7.75. The van der Waals surface area contributed by atoms with Crippen molar-refractivity contribution in [2.75, 3.05) is 13.1 Å². The first kappa shape index (κ1) is 10.6. The summed E-state index contributed by atoms with van der Waals surface area (Å²) in [5.41, 5.74) is 6.10. The molecule has 3 rings (SSSR count). The second-order valence-corrected chi connectivity index (χ2v) is 5.89. The van der Waals surface area contributed by atoms with E-state index in [0.29, 0.717) is 29.7 Å². The molecule has 2 aliphatic carbocycles. The highest BCUT2D eigenvalue weighted by atomic mass is 16.2. The van der Waals surface area contributed by atoms with Gasteiger partial charge in [0.1, 0.15) is 0 Å². The third kappa shape index (κ3) is 1.65. The highest BCUT2D eigenvalue weighted by molar-refractivity contribution is 5.79. The molecule has 2 N–H and O–H groups in total. The van der Waals surface area contributed by atoms with Crippen LogP contribution in [-0.2, 0) is 4.79 Å². The van der Waals surface area contributed by atoms with Crippen molar-refractivity contribution in [3.05, 3.63) is 0 Å². The summed E-state index contributed by atoms with van der Waals surface area (Å²) < 4.78 is 0. The minimum Gasteiger partial charge on any atom is -0.342 e. The molecule has 0 aromatic carbocycles. The average molecular weight is 222 g/mol. The number of likely N-dealkylation sites (tertiary alicyclic amines) is 1. The fourth-order valence-corrected chi connectivity index (χ4v) is 3.92. The number of rotatable bonds is 1. The van der Waals surface area contributed by atoms with Crippen LogP contribution in [0.15, 0.2) is 0 Å². The Kier molecular flexibility index (Phi) is 2.66. The molecule has 1 aliphatic heterocycles. The van der Waals surface area contributed by atoms with E-state index in [1.165, 1.54) is 25.7 Å². The van der Waals surface area contributed by atoms with Crippen LogP contribution in [0.1, 0.15) is 38.5 Å². The standard InChI is InChI=1S/C13H22N2O/c14-12-6-5-10-7-15(8-11(10)12)13(16)9-3-1-2-4-9/h9-12H,1-8,14H2/t10-,11-,12-/m1/s1. The lowest BCUT2D eigenvalue weighted by Gasteiger charge is -2.22. The van der Waals surface area contributed by atoms with Crippen molar-refractivity contribution in [2.24, 2.45) is 23.5 Å². The molecule has 2 saturated carbocycles. The molecule has 90 valence electrons. The van der Waals surface area contributed by atoms with Gasteiger partial charge < -0.3 is 10.6 Å². The third-order valence-corrected chi connectivity index (χ3v) is 4.93. The van der Waals surface area contributed by atoms with E-state index in [4.69, 9.17) is 5.73 Å². The van der Waals surface area contributed by atoms with E-state index in [9.17, 15) is 4.79 Å². The molecular weight excluding hydrogens is 200 g/mol. The minimum absolute atomic E-state index is 0.343. The number of nitrogens with two attached hydrogens (primary N) is 1. The highest BCUT2D eigenvalue weighted by Gasteiger charge is 2.43. The molecule has 0 aromatic rings. The van der Waals surface area contributed by atoms with Crippen LogP contribution in [0, 0.1) is 17.8 Å². The van der Waals surface area contributed by atoms with Crippen molar-refractivity contribution in [1.29, 1.82) is 0 Å². The maximum absolute atomic E-state index is 12.3. The predicted octanol–water partition coefficient (Wildman–Crippen LogP) is 1.37. The van der Waals surface area contributed by atoms with Crippen LogP contribution in [0.25, 0.3) is 0 Å². The Balaban J connectivity index is 1.63. The highest BCUT2D eigenvalue weighted by Crippen LogP contribution is 2.38. The Morgan fingerprint density at radius 2 is 1.81 bits per heavy atom. The van der Waals surface area contributed by atoms with Crippen molar-refractivity contribution in [2.45, 2.75) is 44.6 Å². The third-order valence-electron chi connectivity index (χ3n) is 4.93. The molecule has 3 heteroatoms. The van der Waals surface area contributed by atoms with Gasteiger partial charge in [0.15, 0.2) is 0 Å². The van der Waals surface area contributed by atoms with Crippen LogP contribution in [0.2, 0.25) is 0 Å². The van der Waals surface area contributed by atoms with E-state index in [1.54, 1.807) is 0 Å². The monoisotopic (exact) mass is 222 g/mol. The largest absolute Gasteiger partial charge is 0.342 e. The van der Waals surface area contributed by atoms with Gasteiger partial charge in [-0.1, -0.05) is 12.8 Å². The number of carbonyl (C=O) groups excluding carboxylic acids is 1. The minimum atomic E-state index is 0.343. The summed E-state index contributed by atoms with van der Waals surface area (Å²) in [5.74, 6) is 2.08. The predicted molar refractivity (Wildman–Crippen MR) is 62.7 cm³/mol. The lowest BCUT2D eigenvalue weighted by Crippen LogP contribution is -2.36. The van der Waals surface area contributed by atoms with E-state index >= 15 is 0 Å². The topological polar surface area (TPSA) is 46.3 Å². The van der Waals surface area contributed by atoms with E-state index < -0.39 is 0 Å². The fourth-order valence-electron chi connectivity index (χ4n) is 3.92. The summed E-state index contributed by atoms with van der Waals surface area (Å²) in [6.07, 6.45) is 7.14. The second kappa shape index (κ2) is 4.02. The van der Waals surface area contributed by atoms with Gasteiger partial charge in [-0.2, -0.15) is 0 Å². The smallest absolute Gasteiger partial charge is 0.225 e. The van der Waals surface area contributed by atoms with Crippen LogP contribution < -0.4 is 5.73 Å². The zero-order valence-corrected chi connectivity index (χ0v) is 9.90. The number of fused-ring (bicyclic) bond motifs is 1. The Bertz CT molecular complexity index is 286. The molecule has 16 heavy (non-hydrogen) atoms. The zero-order valence-electron chi connectivity index (χ0n) is 9.90. The second-order valence-electron chi connectivity index (χ2n) is 5.89. The van der Waals surface area contributed by atoms with Crippen LogP contribution in [-0.4, -0.2) is 29.9 Å². The molecule has 1 saturated heterocycles. The van der Waals surface area contributed by atoms with Crippen LogP contribution in [0.5, 0.6) is 0 Å². The number of carbonyl (C=O) groups is 1. The molecule has 0 radical (unpaired) electrons. The van der Waals surface area contributed by atoms with Crippen molar-refractivity contribution >= 4 is 5.91 Å². The van der Waals surface area contributed by atoms with Crippen molar-refractivity contribution in [3.8, 4) is 0 Å². The van der Waals surface area contributed by atoms with Crippen LogP contribution in [0.3, 0.4) is 0 Å².